The van der Waals surface area contributed by atoms with E-state index in [0.717, 1.165) is 0 Å². The van der Waals surface area contributed by atoms with Crippen molar-refractivity contribution in [2.24, 2.45) is 0 Å². The predicted octanol–water partition coefficient (Wildman–Crippen LogP) is -10.1. The molecule has 0 heterocycles. The Morgan fingerprint density at radius 1 is 1.10 bits per heavy atom. The Hall–Kier alpha value is 0.330. The number of hydrogen-bond donors (Lipinski definition) is 1. The average molecular weight is 306 g/mol. The molecule has 0 aromatic heterocycles. The van der Waals surface area contributed by atoms with Crippen LogP contribution in [0, 0.1) is 0 Å². The summed E-state index contributed by atoms with van der Waals surface area (Å²) in [5.74, 6) is -2.80. The number of carboxylic acid groups (broad SMARTS) is 2. The third-order valence-electron chi connectivity index (χ3n) is 1.93. The minimum atomic E-state index is -1.33. The minimum absolute atomic E-state index is 0. The van der Waals surface area contributed by atoms with Crippen molar-refractivity contribution < 1.29 is 88.4 Å². The van der Waals surface area contributed by atoms with Gasteiger partial charge in [0.2, 0.25) is 5.91 Å². The van der Waals surface area contributed by atoms with Crippen LogP contribution in [0.15, 0.2) is 0 Å². The van der Waals surface area contributed by atoms with Crippen molar-refractivity contribution in [2.75, 3.05) is 39.4 Å². The fraction of sp³-hybridized carbons (Fsp3) is 0.700. The number of aliphatic carboxylic acids is 2. The van der Waals surface area contributed by atoms with Gasteiger partial charge in [-0.3, -0.25) is 9.69 Å². The molecule has 0 radical (unpaired) electrons. The Morgan fingerprint density at radius 2 is 1.70 bits per heavy atom. The van der Waals surface area contributed by atoms with E-state index in [1.165, 1.54) is 11.8 Å². The van der Waals surface area contributed by atoms with Crippen LogP contribution in [-0.4, -0.2) is 62.1 Å². The molecule has 0 aliphatic heterocycles. The van der Waals surface area contributed by atoms with E-state index >= 15 is 0 Å². The van der Waals surface area contributed by atoms with Gasteiger partial charge in [0.25, 0.3) is 0 Å². The molecule has 104 valence electrons. The first-order chi connectivity index (χ1) is 8.41. The van der Waals surface area contributed by atoms with Gasteiger partial charge in [0.15, 0.2) is 0 Å². The number of nitrogens with zero attached hydrogens (tertiary/aromatic N) is 1. The van der Waals surface area contributed by atoms with E-state index in [0.29, 0.717) is 13.1 Å². The first-order valence-corrected chi connectivity index (χ1v) is 5.36. The molecule has 0 unspecified atom stereocenters. The van der Waals surface area contributed by atoms with Gasteiger partial charge in [0.05, 0.1) is 25.2 Å². The summed E-state index contributed by atoms with van der Waals surface area (Å²) in [7, 11) is 0. The van der Waals surface area contributed by atoms with Crippen molar-refractivity contribution in [3.63, 3.8) is 0 Å². The van der Waals surface area contributed by atoms with Gasteiger partial charge in [-0.1, -0.05) is 0 Å². The second-order valence-electron chi connectivity index (χ2n) is 3.56. The van der Waals surface area contributed by atoms with E-state index in [9.17, 15) is 24.6 Å². The zero-order chi connectivity index (χ0) is 14.0. The van der Waals surface area contributed by atoms with Crippen LogP contribution < -0.4 is 74.6 Å². The van der Waals surface area contributed by atoms with Crippen LogP contribution >= 0.6 is 0 Å². The van der Waals surface area contributed by atoms with Gasteiger partial charge in [0, 0.05) is 33.1 Å². The van der Waals surface area contributed by atoms with Crippen molar-refractivity contribution in [1.29, 1.82) is 0 Å². The summed E-state index contributed by atoms with van der Waals surface area (Å²) < 4.78 is 4.73. The third kappa shape index (κ3) is 18.3. The molecule has 8 nitrogen and oxygen atoms in total. The molecule has 0 aromatic carbocycles. The van der Waals surface area contributed by atoms with Crippen LogP contribution in [-0.2, 0) is 19.1 Å². The molecule has 10 heteroatoms. The number of carboxylic acids is 2. The Labute approximate surface area is 161 Å². The Kier molecular flexibility index (Phi) is 19.9. The molecule has 1 N–H and O–H groups in total. The van der Waals surface area contributed by atoms with Crippen LogP contribution in [0.1, 0.15) is 6.92 Å². The first-order valence-electron chi connectivity index (χ1n) is 5.36. The van der Waals surface area contributed by atoms with Crippen molar-refractivity contribution in [1.82, 2.24) is 10.2 Å². The summed E-state index contributed by atoms with van der Waals surface area (Å²) in [6.07, 6.45) is 0. The molecule has 1 amide bonds. The van der Waals surface area contributed by atoms with Crippen molar-refractivity contribution in [3.8, 4) is 0 Å². The number of carbonyl (C=O) groups is 3. The normalized spacial score (nSPS) is 9.30. The number of rotatable bonds is 10. The topological polar surface area (TPSA) is 122 Å². The summed E-state index contributed by atoms with van der Waals surface area (Å²) in [6, 6.07) is 0. The second-order valence-corrected chi connectivity index (χ2v) is 3.56. The van der Waals surface area contributed by atoms with Crippen LogP contribution in [0.5, 0.6) is 0 Å². The minimum Gasteiger partial charge on any atom is -0.549 e. The molecule has 0 spiro atoms. The molecular formula is C10H16N2Na2O6. The van der Waals surface area contributed by atoms with E-state index in [1.807, 2.05) is 0 Å². The Morgan fingerprint density at radius 3 is 2.15 bits per heavy atom. The molecule has 0 bridgehead atoms. The molecular weight excluding hydrogens is 290 g/mol. The SMILES string of the molecule is CC(=O)NCCN(CCOCC(=O)[O-])CC(=O)[O-].[Na+].[Na+]. The number of hydrogen-bond acceptors (Lipinski definition) is 7. The summed E-state index contributed by atoms with van der Waals surface area (Å²) >= 11 is 0. The van der Waals surface area contributed by atoms with Gasteiger partial charge in [0.1, 0.15) is 0 Å². The zero-order valence-corrected chi connectivity index (χ0v) is 16.1. The summed E-state index contributed by atoms with van der Waals surface area (Å²) in [6.45, 7) is 1.39. The van der Waals surface area contributed by atoms with Gasteiger partial charge in [-0.25, -0.2) is 0 Å². The molecule has 0 saturated carbocycles. The number of nitrogens with one attached hydrogen (secondary N) is 1. The maximum Gasteiger partial charge on any atom is 1.00 e. The number of ether oxygens (including phenoxy) is 1. The molecule has 0 aliphatic carbocycles. The Balaban J connectivity index is -0.00000144. The molecule has 20 heavy (non-hydrogen) atoms. The fourth-order valence-corrected chi connectivity index (χ4v) is 1.19. The smallest absolute Gasteiger partial charge is 0.549 e. The van der Waals surface area contributed by atoms with E-state index in [4.69, 9.17) is 4.74 Å². The molecule has 0 aliphatic rings. The summed E-state index contributed by atoms with van der Waals surface area (Å²) in [5, 5.41) is 23.0. The summed E-state index contributed by atoms with van der Waals surface area (Å²) in [4.78, 5) is 32.6. The second kappa shape index (κ2) is 15.7. The van der Waals surface area contributed by atoms with Gasteiger partial charge in [-0.2, -0.15) is 0 Å². The molecule has 0 rings (SSSR count). The van der Waals surface area contributed by atoms with E-state index in [-0.39, 0.29) is 84.7 Å². The zero-order valence-electron chi connectivity index (χ0n) is 12.1. The quantitative estimate of drug-likeness (QED) is 0.314. The standard InChI is InChI=1S/C10H18N2O6.2Na/c1-8(13)11-2-3-12(6-9(14)15)4-5-18-7-10(16)17;;/h2-7H2,1H3,(H,11,13)(H,14,15)(H,16,17);;/q;2*+1/p-2. The van der Waals surface area contributed by atoms with Crippen LogP contribution in [0.4, 0.5) is 0 Å². The van der Waals surface area contributed by atoms with E-state index in [2.05, 4.69) is 5.32 Å². The maximum atomic E-state index is 10.6. The van der Waals surface area contributed by atoms with Crippen LogP contribution in [0.25, 0.3) is 0 Å². The van der Waals surface area contributed by atoms with Crippen molar-refractivity contribution >= 4 is 17.8 Å². The molecule has 0 saturated heterocycles. The number of amides is 1. The maximum absolute atomic E-state index is 10.6. The molecule has 0 atom stereocenters. The van der Waals surface area contributed by atoms with Crippen molar-refractivity contribution in [2.45, 2.75) is 6.92 Å². The van der Waals surface area contributed by atoms with Crippen molar-refractivity contribution in [3.05, 3.63) is 0 Å². The van der Waals surface area contributed by atoms with Crippen LogP contribution in [0.2, 0.25) is 0 Å². The molecule has 0 aromatic rings. The monoisotopic (exact) mass is 306 g/mol. The largest absolute Gasteiger partial charge is 1.00 e. The van der Waals surface area contributed by atoms with E-state index < -0.39 is 18.5 Å². The van der Waals surface area contributed by atoms with Gasteiger partial charge >= 0.3 is 59.1 Å². The van der Waals surface area contributed by atoms with Gasteiger partial charge in [-0.15, -0.1) is 0 Å². The first kappa shape index (κ1) is 25.3. The third-order valence-corrected chi connectivity index (χ3v) is 1.93. The molecule has 0 fully saturated rings. The van der Waals surface area contributed by atoms with Gasteiger partial charge in [-0.05, 0) is 0 Å². The number of carbonyl (C=O) groups excluding carboxylic acids is 3. The van der Waals surface area contributed by atoms with Crippen LogP contribution in [0.3, 0.4) is 0 Å². The predicted molar refractivity (Wildman–Crippen MR) is 56.0 cm³/mol. The fourth-order valence-electron chi connectivity index (χ4n) is 1.19. The Bertz CT molecular complexity index is 303. The summed E-state index contributed by atoms with van der Waals surface area (Å²) in [5.41, 5.74) is 0. The van der Waals surface area contributed by atoms with E-state index in [1.54, 1.807) is 0 Å². The van der Waals surface area contributed by atoms with Gasteiger partial charge < -0.3 is 29.9 Å². The average Bonchev–Trinajstić information content (AvgIpc) is 2.22.